The summed E-state index contributed by atoms with van der Waals surface area (Å²) < 4.78 is 18.8. The predicted molar refractivity (Wildman–Crippen MR) is 97.3 cm³/mol. The Morgan fingerprint density at radius 1 is 1.11 bits per heavy atom. The molecule has 1 saturated heterocycles. The summed E-state index contributed by atoms with van der Waals surface area (Å²) in [5.74, 6) is -1.27. The van der Waals surface area contributed by atoms with Gasteiger partial charge in [0.2, 0.25) is 0 Å². The number of rotatable bonds is 4. The average molecular weight is 369 g/mol. The van der Waals surface area contributed by atoms with Crippen LogP contribution in [-0.4, -0.2) is 48.4 Å². The highest BCUT2D eigenvalue weighted by Gasteiger charge is 2.47. The van der Waals surface area contributed by atoms with Gasteiger partial charge in [-0.3, -0.25) is 4.79 Å². The molecular weight excluding hydrogens is 349 g/mol. The first-order valence-corrected chi connectivity index (χ1v) is 8.95. The third-order valence-electron chi connectivity index (χ3n) is 5.66. The fraction of sp³-hybridized carbons (Fsp3) is 0.333. The van der Waals surface area contributed by atoms with Crippen LogP contribution in [0.1, 0.15) is 23.5 Å². The molecular formula is C21H20FNO4. The zero-order valence-electron chi connectivity index (χ0n) is 14.7. The van der Waals surface area contributed by atoms with Crippen LogP contribution in [0.5, 0.6) is 0 Å². The molecule has 6 heteroatoms. The number of carbonyl (C=O) groups is 2. The van der Waals surface area contributed by atoms with E-state index in [2.05, 4.69) is 12.1 Å². The third kappa shape index (κ3) is 2.85. The maximum atomic E-state index is 13.2. The van der Waals surface area contributed by atoms with Crippen molar-refractivity contribution < 1.29 is 23.8 Å². The molecule has 2 aromatic carbocycles. The first-order valence-electron chi connectivity index (χ1n) is 8.95. The van der Waals surface area contributed by atoms with Crippen molar-refractivity contribution in [2.45, 2.75) is 12.3 Å². The molecule has 1 N–H and O–H groups in total. The van der Waals surface area contributed by atoms with E-state index < -0.39 is 24.2 Å². The Morgan fingerprint density at radius 2 is 1.70 bits per heavy atom. The third-order valence-corrected chi connectivity index (χ3v) is 5.66. The second kappa shape index (κ2) is 6.68. The Labute approximate surface area is 156 Å². The van der Waals surface area contributed by atoms with Crippen molar-refractivity contribution in [2.24, 2.45) is 5.41 Å². The number of nitrogens with zero attached hydrogens (tertiary/aromatic N) is 1. The SMILES string of the molecule is O=C(OCC1c2ccccc2-c2ccccc21)N1CCC(CF)(C(=O)O)C1. The molecule has 0 radical (unpaired) electrons. The van der Waals surface area contributed by atoms with E-state index in [0.29, 0.717) is 0 Å². The first kappa shape index (κ1) is 17.5. The fourth-order valence-corrected chi connectivity index (χ4v) is 4.05. The largest absolute Gasteiger partial charge is 0.481 e. The highest BCUT2D eigenvalue weighted by atomic mass is 19.1. The number of carboxylic acid groups (broad SMARTS) is 1. The molecule has 27 heavy (non-hydrogen) atoms. The van der Waals surface area contributed by atoms with E-state index in [1.54, 1.807) is 0 Å². The van der Waals surface area contributed by atoms with Crippen LogP contribution in [0.3, 0.4) is 0 Å². The van der Waals surface area contributed by atoms with Crippen molar-refractivity contribution >= 4 is 12.1 Å². The summed E-state index contributed by atoms with van der Waals surface area (Å²) in [6, 6.07) is 16.1. The van der Waals surface area contributed by atoms with E-state index in [-0.39, 0.29) is 32.0 Å². The Balaban J connectivity index is 1.48. The number of benzene rings is 2. The average Bonchev–Trinajstić information content (AvgIpc) is 3.27. The van der Waals surface area contributed by atoms with Crippen molar-refractivity contribution in [1.82, 2.24) is 4.90 Å². The highest BCUT2D eigenvalue weighted by Crippen LogP contribution is 2.44. The number of likely N-dealkylation sites (tertiary alicyclic amines) is 1. The summed E-state index contributed by atoms with van der Waals surface area (Å²) in [4.78, 5) is 25.1. The number of carbonyl (C=O) groups excluding carboxylic acids is 1. The summed E-state index contributed by atoms with van der Waals surface area (Å²) in [6.45, 7) is -0.795. The van der Waals surface area contributed by atoms with Gasteiger partial charge in [0.05, 0.1) is 0 Å². The minimum atomic E-state index is -1.51. The van der Waals surface area contributed by atoms with Gasteiger partial charge >= 0.3 is 12.1 Å². The molecule has 1 aliphatic heterocycles. The number of hydrogen-bond donors (Lipinski definition) is 1. The van der Waals surface area contributed by atoms with E-state index in [0.717, 1.165) is 22.3 Å². The van der Waals surface area contributed by atoms with Crippen LogP contribution in [0.25, 0.3) is 11.1 Å². The van der Waals surface area contributed by atoms with Crippen LogP contribution in [0, 0.1) is 5.41 Å². The number of fused-ring (bicyclic) bond motifs is 3. The number of amides is 1. The Bertz CT molecular complexity index is 854. The first-order chi connectivity index (χ1) is 13.1. The molecule has 0 saturated carbocycles. The van der Waals surface area contributed by atoms with Gasteiger partial charge in [0, 0.05) is 19.0 Å². The van der Waals surface area contributed by atoms with Crippen LogP contribution < -0.4 is 0 Å². The molecule has 1 aliphatic carbocycles. The van der Waals surface area contributed by atoms with Crippen LogP contribution in [0.15, 0.2) is 48.5 Å². The molecule has 4 rings (SSSR count). The van der Waals surface area contributed by atoms with Gasteiger partial charge in [0.25, 0.3) is 0 Å². The number of carboxylic acids is 1. The van der Waals surface area contributed by atoms with Gasteiger partial charge in [0.15, 0.2) is 0 Å². The maximum Gasteiger partial charge on any atom is 0.409 e. The van der Waals surface area contributed by atoms with Crippen molar-refractivity contribution in [1.29, 1.82) is 0 Å². The standard InChI is InChI=1S/C21H20FNO4/c22-12-21(19(24)25)9-10-23(13-21)20(26)27-11-18-16-7-3-1-5-14(16)15-6-2-4-8-17(15)18/h1-8,18H,9-13H2,(H,24,25). The van der Waals surface area contributed by atoms with E-state index in [9.17, 15) is 19.1 Å². The van der Waals surface area contributed by atoms with Gasteiger partial charge in [-0.25, -0.2) is 9.18 Å². The Hall–Kier alpha value is -2.89. The van der Waals surface area contributed by atoms with Gasteiger partial charge in [-0.1, -0.05) is 48.5 Å². The lowest BCUT2D eigenvalue weighted by molar-refractivity contribution is -0.149. The predicted octanol–water partition coefficient (Wildman–Crippen LogP) is 3.68. The maximum absolute atomic E-state index is 13.2. The zero-order valence-corrected chi connectivity index (χ0v) is 14.7. The molecule has 5 nitrogen and oxygen atoms in total. The second-order valence-electron chi connectivity index (χ2n) is 7.19. The molecule has 0 bridgehead atoms. The fourth-order valence-electron chi connectivity index (χ4n) is 4.05. The second-order valence-corrected chi connectivity index (χ2v) is 7.19. The summed E-state index contributed by atoms with van der Waals surface area (Å²) in [5, 5.41) is 9.27. The summed E-state index contributed by atoms with van der Waals surface area (Å²) in [7, 11) is 0. The highest BCUT2D eigenvalue weighted by molar-refractivity contribution is 5.80. The smallest absolute Gasteiger partial charge is 0.409 e. The number of ether oxygens (including phenoxy) is 1. The lowest BCUT2D eigenvalue weighted by atomic mass is 9.89. The minimum absolute atomic E-state index is 0.0608. The summed E-state index contributed by atoms with van der Waals surface area (Å²) >= 11 is 0. The molecule has 2 aromatic rings. The molecule has 0 aromatic heterocycles. The lowest BCUT2D eigenvalue weighted by Gasteiger charge is -2.22. The number of aliphatic carboxylic acids is 1. The van der Waals surface area contributed by atoms with Crippen LogP contribution in [-0.2, 0) is 9.53 Å². The van der Waals surface area contributed by atoms with Gasteiger partial charge in [-0.2, -0.15) is 0 Å². The van der Waals surface area contributed by atoms with Crippen molar-refractivity contribution in [3.05, 3.63) is 59.7 Å². The van der Waals surface area contributed by atoms with Crippen molar-refractivity contribution in [2.75, 3.05) is 26.4 Å². The van der Waals surface area contributed by atoms with E-state index in [4.69, 9.17) is 4.74 Å². The molecule has 1 heterocycles. The quantitative estimate of drug-likeness (QED) is 0.893. The van der Waals surface area contributed by atoms with Crippen LogP contribution in [0.4, 0.5) is 9.18 Å². The molecule has 2 aliphatic rings. The van der Waals surface area contributed by atoms with Gasteiger partial charge in [0.1, 0.15) is 18.7 Å². The number of hydrogen-bond acceptors (Lipinski definition) is 3. The Kier molecular flexibility index (Phi) is 4.34. The number of halogens is 1. The van der Waals surface area contributed by atoms with Crippen LogP contribution >= 0.6 is 0 Å². The lowest BCUT2D eigenvalue weighted by Crippen LogP contribution is -2.39. The number of alkyl halides is 1. The van der Waals surface area contributed by atoms with E-state index in [1.807, 2.05) is 36.4 Å². The van der Waals surface area contributed by atoms with E-state index >= 15 is 0 Å². The van der Waals surface area contributed by atoms with Gasteiger partial charge in [-0.05, 0) is 28.7 Å². The summed E-state index contributed by atoms with van der Waals surface area (Å²) in [6.07, 6.45) is -0.489. The summed E-state index contributed by atoms with van der Waals surface area (Å²) in [5.41, 5.74) is 2.98. The topological polar surface area (TPSA) is 66.8 Å². The normalized spacial score (nSPS) is 21.0. The molecule has 0 spiro atoms. The zero-order chi connectivity index (χ0) is 19.0. The van der Waals surface area contributed by atoms with Crippen molar-refractivity contribution in [3.8, 4) is 11.1 Å². The molecule has 1 atom stereocenters. The van der Waals surface area contributed by atoms with E-state index in [1.165, 1.54) is 4.90 Å². The molecule has 1 amide bonds. The monoisotopic (exact) mass is 369 g/mol. The molecule has 1 fully saturated rings. The van der Waals surface area contributed by atoms with Crippen molar-refractivity contribution in [3.63, 3.8) is 0 Å². The minimum Gasteiger partial charge on any atom is -0.481 e. The van der Waals surface area contributed by atoms with Crippen LogP contribution in [0.2, 0.25) is 0 Å². The van der Waals surface area contributed by atoms with Gasteiger partial charge in [-0.15, -0.1) is 0 Å². The Morgan fingerprint density at radius 3 is 2.22 bits per heavy atom. The molecule has 1 unspecified atom stereocenters. The van der Waals surface area contributed by atoms with Gasteiger partial charge < -0.3 is 14.7 Å². The molecule has 140 valence electrons.